The number of methoxy groups -OCH3 is 2. The smallest absolute Gasteiger partial charge is 0.276 e. The Morgan fingerprint density at radius 3 is 2.55 bits per heavy atom. The Balaban J connectivity index is 1.36. The summed E-state index contributed by atoms with van der Waals surface area (Å²) in [5.41, 5.74) is 1.48. The molecule has 2 heterocycles. The third-order valence-electron chi connectivity index (χ3n) is 4.72. The molecule has 2 aromatic heterocycles. The molecule has 1 amide bonds. The number of nitrogens with one attached hydrogen (secondary N) is 1. The van der Waals surface area contributed by atoms with Crippen molar-refractivity contribution in [3.05, 3.63) is 84.2 Å². The van der Waals surface area contributed by atoms with Crippen molar-refractivity contribution in [3.63, 3.8) is 0 Å². The predicted molar refractivity (Wildman–Crippen MR) is 118 cm³/mol. The average molecular weight is 451 g/mol. The Hall–Kier alpha value is -4.34. The molecule has 0 spiro atoms. The van der Waals surface area contributed by atoms with Crippen LogP contribution < -0.4 is 19.5 Å². The summed E-state index contributed by atoms with van der Waals surface area (Å²) in [5, 5.41) is 11.2. The quantitative estimate of drug-likeness (QED) is 0.418. The lowest BCUT2D eigenvalue weighted by Crippen LogP contribution is -2.14. The number of benzene rings is 2. The van der Waals surface area contributed by atoms with Gasteiger partial charge in [0.05, 0.1) is 32.6 Å². The van der Waals surface area contributed by atoms with E-state index in [9.17, 15) is 9.18 Å². The molecular weight excluding hydrogens is 429 g/mol. The van der Waals surface area contributed by atoms with Gasteiger partial charge in [0.15, 0.2) is 23.9 Å². The van der Waals surface area contributed by atoms with Gasteiger partial charge in [-0.05, 0) is 35.9 Å². The second-order valence-corrected chi connectivity index (χ2v) is 7.02. The number of hydrogen-bond donors (Lipinski definition) is 1. The molecule has 10 heteroatoms. The number of ether oxygens (including phenoxy) is 3. The van der Waals surface area contributed by atoms with Crippen LogP contribution in [-0.2, 0) is 13.3 Å². The summed E-state index contributed by atoms with van der Waals surface area (Å²) in [6.07, 6.45) is 4.81. The minimum atomic E-state index is -0.395. The first-order chi connectivity index (χ1) is 16.1. The Kier molecular flexibility index (Phi) is 6.53. The van der Waals surface area contributed by atoms with Crippen molar-refractivity contribution >= 4 is 11.6 Å². The van der Waals surface area contributed by atoms with Crippen molar-refractivity contribution in [1.29, 1.82) is 0 Å². The lowest BCUT2D eigenvalue weighted by atomic mass is 10.2. The largest absolute Gasteiger partial charge is 0.493 e. The number of para-hydroxylation sites is 1. The number of nitrogens with zero attached hydrogens (tertiary/aromatic N) is 4. The first kappa shape index (κ1) is 21.9. The number of hydrogen-bond acceptors (Lipinski definition) is 6. The number of carbonyl (C=O) groups is 1. The van der Waals surface area contributed by atoms with Crippen LogP contribution in [0.2, 0.25) is 0 Å². The Morgan fingerprint density at radius 1 is 1.06 bits per heavy atom. The minimum absolute atomic E-state index is 0.0512. The van der Waals surface area contributed by atoms with E-state index in [4.69, 9.17) is 14.2 Å². The minimum Gasteiger partial charge on any atom is -0.493 e. The van der Waals surface area contributed by atoms with Crippen LogP contribution in [0.3, 0.4) is 0 Å². The summed E-state index contributed by atoms with van der Waals surface area (Å²) in [6, 6.07) is 13.2. The van der Waals surface area contributed by atoms with Crippen LogP contribution in [0, 0.1) is 5.82 Å². The SMILES string of the molecule is COc1cccc(OC)c1OCn1ccc(C(=O)Nc2cnn(Cc3cccc(F)c3)c2)n1. The van der Waals surface area contributed by atoms with E-state index < -0.39 is 5.91 Å². The summed E-state index contributed by atoms with van der Waals surface area (Å²) in [5.74, 6) is 0.782. The lowest BCUT2D eigenvalue weighted by Gasteiger charge is -2.13. The van der Waals surface area contributed by atoms with Crippen LogP contribution in [0.5, 0.6) is 17.2 Å². The number of halogens is 1. The molecule has 0 aliphatic carbocycles. The molecular formula is C23H22FN5O4. The van der Waals surface area contributed by atoms with Crippen LogP contribution in [0.1, 0.15) is 16.1 Å². The van der Waals surface area contributed by atoms with Gasteiger partial charge in [0, 0.05) is 12.4 Å². The molecule has 4 rings (SSSR count). The molecule has 0 saturated heterocycles. The number of aromatic nitrogens is 4. The molecule has 4 aromatic rings. The monoisotopic (exact) mass is 451 g/mol. The Bertz CT molecular complexity index is 1230. The van der Waals surface area contributed by atoms with Crippen molar-refractivity contribution in [1.82, 2.24) is 19.6 Å². The molecule has 0 atom stereocenters. The van der Waals surface area contributed by atoms with Crippen LogP contribution in [0.4, 0.5) is 10.1 Å². The van der Waals surface area contributed by atoms with E-state index in [1.807, 2.05) is 0 Å². The average Bonchev–Trinajstić information content (AvgIpc) is 3.47. The van der Waals surface area contributed by atoms with Gasteiger partial charge in [0.1, 0.15) is 5.82 Å². The molecule has 0 aliphatic rings. The zero-order chi connectivity index (χ0) is 23.2. The van der Waals surface area contributed by atoms with Gasteiger partial charge >= 0.3 is 0 Å². The van der Waals surface area contributed by atoms with Crippen molar-refractivity contribution in [2.24, 2.45) is 0 Å². The number of amides is 1. The molecule has 0 fully saturated rings. The predicted octanol–water partition coefficient (Wildman–Crippen LogP) is 3.57. The zero-order valence-electron chi connectivity index (χ0n) is 18.1. The number of carbonyl (C=O) groups excluding carboxylic acids is 1. The van der Waals surface area contributed by atoms with Gasteiger partial charge in [-0.3, -0.25) is 9.48 Å². The first-order valence-corrected chi connectivity index (χ1v) is 10.0. The van der Waals surface area contributed by atoms with Gasteiger partial charge in [-0.1, -0.05) is 18.2 Å². The molecule has 0 saturated carbocycles. The first-order valence-electron chi connectivity index (χ1n) is 10.0. The maximum atomic E-state index is 13.3. The maximum absolute atomic E-state index is 13.3. The molecule has 0 radical (unpaired) electrons. The highest BCUT2D eigenvalue weighted by atomic mass is 19.1. The van der Waals surface area contributed by atoms with E-state index in [2.05, 4.69) is 15.5 Å². The lowest BCUT2D eigenvalue weighted by molar-refractivity contribution is 0.102. The zero-order valence-corrected chi connectivity index (χ0v) is 18.1. The second-order valence-electron chi connectivity index (χ2n) is 7.02. The summed E-state index contributed by atoms with van der Waals surface area (Å²) in [7, 11) is 3.08. The van der Waals surface area contributed by atoms with E-state index in [1.165, 1.54) is 37.2 Å². The second kappa shape index (κ2) is 9.86. The highest BCUT2D eigenvalue weighted by Crippen LogP contribution is 2.36. The molecule has 2 aromatic carbocycles. The van der Waals surface area contributed by atoms with Gasteiger partial charge in [0.25, 0.3) is 5.91 Å². The molecule has 9 nitrogen and oxygen atoms in total. The standard InChI is InChI=1S/C23H22FN5O4/c1-31-20-7-4-8-21(32-2)22(20)33-15-28-10-9-19(27-28)23(30)26-18-12-25-29(14-18)13-16-5-3-6-17(24)11-16/h3-12,14H,13,15H2,1-2H3,(H,26,30). The van der Waals surface area contributed by atoms with Crippen LogP contribution >= 0.6 is 0 Å². The van der Waals surface area contributed by atoms with Crippen molar-refractivity contribution in [3.8, 4) is 17.2 Å². The topological polar surface area (TPSA) is 92.4 Å². The third kappa shape index (κ3) is 5.29. The van der Waals surface area contributed by atoms with Gasteiger partial charge in [0.2, 0.25) is 5.75 Å². The number of anilines is 1. The van der Waals surface area contributed by atoms with E-state index in [0.717, 1.165) is 5.56 Å². The fourth-order valence-electron chi connectivity index (χ4n) is 3.18. The van der Waals surface area contributed by atoms with Crippen LogP contribution in [0.25, 0.3) is 0 Å². The fourth-order valence-corrected chi connectivity index (χ4v) is 3.18. The van der Waals surface area contributed by atoms with E-state index >= 15 is 0 Å². The van der Waals surface area contributed by atoms with Gasteiger partial charge in [-0.25, -0.2) is 9.07 Å². The van der Waals surface area contributed by atoms with E-state index in [1.54, 1.807) is 53.5 Å². The highest BCUT2D eigenvalue weighted by molar-refractivity contribution is 6.02. The van der Waals surface area contributed by atoms with Crippen LogP contribution in [-0.4, -0.2) is 39.7 Å². The maximum Gasteiger partial charge on any atom is 0.276 e. The molecule has 0 unspecified atom stereocenters. The number of rotatable bonds is 9. The molecule has 170 valence electrons. The highest BCUT2D eigenvalue weighted by Gasteiger charge is 2.14. The molecule has 0 bridgehead atoms. The summed E-state index contributed by atoms with van der Waals surface area (Å²) < 4.78 is 32.8. The van der Waals surface area contributed by atoms with Crippen molar-refractivity contribution < 1.29 is 23.4 Å². The van der Waals surface area contributed by atoms with E-state index in [0.29, 0.717) is 29.5 Å². The Morgan fingerprint density at radius 2 is 1.82 bits per heavy atom. The normalized spacial score (nSPS) is 10.6. The fraction of sp³-hybridized carbons (Fsp3) is 0.174. The molecule has 0 aliphatic heterocycles. The van der Waals surface area contributed by atoms with Crippen molar-refractivity contribution in [2.75, 3.05) is 19.5 Å². The summed E-state index contributed by atoms with van der Waals surface area (Å²) >= 11 is 0. The van der Waals surface area contributed by atoms with Crippen LogP contribution in [0.15, 0.2) is 67.1 Å². The van der Waals surface area contributed by atoms with Gasteiger partial charge in [-0.15, -0.1) is 0 Å². The van der Waals surface area contributed by atoms with Crippen molar-refractivity contribution in [2.45, 2.75) is 13.3 Å². The summed E-state index contributed by atoms with van der Waals surface area (Å²) in [4.78, 5) is 12.6. The van der Waals surface area contributed by atoms with E-state index in [-0.39, 0.29) is 18.2 Å². The molecule has 1 N–H and O–H groups in total. The third-order valence-corrected chi connectivity index (χ3v) is 4.72. The Labute approximate surface area is 189 Å². The molecule has 33 heavy (non-hydrogen) atoms. The van der Waals surface area contributed by atoms with Gasteiger partial charge in [-0.2, -0.15) is 10.2 Å². The van der Waals surface area contributed by atoms with Gasteiger partial charge < -0.3 is 19.5 Å². The summed E-state index contributed by atoms with van der Waals surface area (Å²) in [6.45, 7) is 0.432.